The van der Waals surface area contributed by atoms with E-state index < -0.39 is 13.9 Å². The van der Waals surface area contributed by atoms with Crippen molar-refractivity contribution in [3.8, 4) is 0 Å². The Kier molecular flexibility index (Phi) is 34.3. The largest absolute Gasteiger partial charge is 1.00 e. The fourth-order valence-electron chi connectivity index (χ4n) is 4.12. The van der Waals surface area contributed by atoms with Gasteiger partial charge in [-0.15, -0.1) is 0 Å². The summed E-state index contributed by atoms with van der Waals surface area (Å²) in [6.07, 6.45) is 19.3. The third kappa shape index (κ3) is 34.5. The van der Waals surface area contributed by atoms with Crippen LogP contribution in [0.1, 0.15) is 116 Å². The summed E-state index contributed by atoms with van der Waals surface area (Å²) in [5.74, 6) is -0.255. The molecule has 2 unspecified atom stereocenters. The topological polar surface area (TPSA) is 133 Å². The predicted molar refractivity (Wildman–Crippen MR) is 161 cm³/mol. The Balaban J connectivity index is -0.00000760. The third-order valence-corrected chi connectivity index (χ3v) is 7.70. The predicted octanol–water partition coefficient (Wildman–Crippen LogP) is 3.25. The molecule has 2 atom stereocenters. The number of methoxy groups -OCH3 is 1. The molecule has 0 heterocycles. The van der Waals surface area contributed by atoms with Gasteiger partial charge in [-0.25, -0.2) is 0 Å². The zero-order valence-corrected chi connectivity index (χ0v) is 28.8. The van der Waals surface area contributed by atoms with Gasteiger partial charge in [0.15, 0.2) is 0 Å². The minimum Gasteiger partial charge on any atom is -0.870 e. The van der Waals surface area contributed by atoms with Gasteiger partial charge in [0.2, 0.25) is 0 Å². The van der Waals surface area contributed by atoms with Crippen LogP contribution in [0.2, 0.25) is 0 Å². The first-order valence-electron chi connectivity index (χ1n) is 15.8. The molecule has 0 aliphatic rings. The summed E-state index contributed by atoms with van der Waals surface area (Å²) < 4.78 is 39.1. The van der Waals surface area contributed by atoms with Crippen molar-refractivity contribution in [3.63, 3.8) is 0 Å². The van der Waals surface area contributed by atoms with Crippen molar-refractivity contribution in [3.05, 3.63) is 0 Å². The number of likely N-dealkylation sites (N-methyl/N-ethyl adjacent to an activating group) is 1. The van der Waals surface area contributed by atoms with Crippen LogP contribution in [0.15, 0.2) is 0 Å². The average molecular weight is 620 g/mol. The van der Waals surface area contributed by atoms with Crippen molar-refractivity contribution in [2.24, 2.45) is 0 Å². The Morgan fingerprint density at radius 2 is 1.24 bits per heavy atom. The molecule has 0 aliphatic heterocycles. The number of ether oxygens (including phenoxy) is 3. The molecule has 248 valence electrons. The van der Waals surface area contributed by atoms with Crippen molar-refractivity contribution < 1.29 is 66.3 Å². The quantitative estimate of drug-likeness (QED) is 0.0391. The van der Waals surface area contributed by atoms with Crippen LogP contribution in [0.25, 0.3) is 0 Å². The Labute approximate surface area is 269 Å². The van der Waals surface area contributed by atoms with E-state index in [2.05, 4.69) is 11.7 Å². The summed E-state index contributed by atoms with van der Waals surface area (Å²) in [6, 6.07) is 0. The number of phosphoric acid groups is 1. The van der Waals surface area contributed by atoms with Gasteiger partial charge in [-0.2, -0.15) is 0 Å². The van der Waals surface area contributed by atoms with Crippen molar-refractivity contribution in [2.75, 3.05) is 67.8 Å². The molecule has 0 amide bonds. The van der Waals surface area contributed by atoms with Crippen LogP contribution >= 0.6 is 7.82 Å². The number of carbonyl (C=O) groups is 1. The third-order valence-electron chi connectivity index (χ3n) is 6.73. The number of esters is 1. The summed E-state index contributed by atoms with van der Waals surface area (Å²) in [5, 5.41) is 0. The molecule has 0 fully saturated rings. The molecular weight excluding hydrogens is 556 g/mol. The van der Waals surface area contributed by atoms with Gasteiger partial charge in [-0.05, 0) is 19.3 Å². The molecule has 0 bridgehead atoms. The molecule has 10 nitrogen and oxygen atoms in total. The Hall–Kier alpha value is 0.0174. The Morgan fingerprint density at radius 3 is 1.74 bits per heavy atom. The van der Waals surface area contributed by atoms with Gasteiger partial charge in [0.1, 0.15) is 19.3 Å². The van der Waals surface area contributed by atoms with Crippen LogP contribution in [-0.4, -0.2) is 89.9 Å². The smallest absolute Gasteiger partial charge is 0.870 e. The molecule has 0 rings (SSSR count). The molecule has 42 heavy (non-hydrogen) atoms. The van der Waals surface area contributed by atoms with E-state index in [1.165, 1.54) is 84.2 Å². The first kappa shape index (κ1) is 46.4. The molecule has 0 spiro atoms. The number of quaternary nitrogens is 1. The molecule has 0 aromatic rings. The van der Waals surface area contributed by atoms with Crippen LogP contribution in [0.4, 0.5) is 0 Å². The molecule has 12 heteroatoms. The second kappa shape index (κ2) is 31.0. The second-order valence-electron chi connectivity index (χ2n) is 11.8. The van der Waals surface area contributed by atoms with E-state index in [0.717, 1.165) is 12.8 Å². The summed E-state index contributed by atoms with van der Waals surface area (Å²) in [6.45, 7) is 3.92. The van der Waals surface area contributed by atoms with Gasteiger partial charge >= 0.3 is 24.8 Å². The number of nitrogens with zero attached hydrogens (tertiary/aromatic N) is 1. The van der Waals surface area contributed by atoms with E-state index in [1.807, 2.05) is 21.1 Å². The van der Waals surface area contributed by atoms with Gasteiger partial charge in [-0.1, -0.05) is 90.4 Å². The number of rotatable bonds is 30. The van der Waals surface area contributed by atoms with Gasteiger partial charge in [0.05, 0.1) is 41.5 Å². The Morgan fingerprint density at radius 1 is 0.738 bits per heavy atom. The van der Waals surface area contributed by atoms with Crippen molar-refractivity contribution in [2.45, 2.75) is 122 Å². The van der Waals surface area contributed by atoms with E-state index in [9.17, 15) is 14.3 Å². The van der Waals surface area contributed by atoms with Crippen LogP contribution < -0.4 is 23.8 Å². The summed E-state index contributed by atoms with van der Waals surface area (Å²) in [7, 11) is 2.81. The van der Waals surface area contributed by atoms with Crippen LogP contribution in [0.5, 0.6) is 0 Å². The van der Waals surface area contributed by atoms with E-state index in [4.69, 9.17) is 18.5 Å². The van der Waals surface area contributed by atoms with Crippen molar-refractivity contribution in [1.82, 2.24) is 0 Å². The first-order valence-corrected chi connectivity index (χ1v) is 17.2. The number of carbonyl (C=O) groups excluding carboxylic acids is 1. The van der Waals surface area contributed by atoms with E-state index >= 15 is 0 Å². The zero-order valence-electron chi connectivity index (χ0n) is 27.9. The average Bonchev–Trinajstić information content (AvgIpc) is 2.89. The molecule has 0 saturated heterocycles. The molecular formula is C30H63LiNO9P. The molecule has 0 radical (unpaired) electrons. The standard InChI is InChI=1S/C30H62NO8P.Li.H2O/c1-6-7-8-9-10-11-12-13-14-15-16-17-18-20-24-36-27-29(37-25-21-19-22-30(32)35-5)28-39-40(33,34)38-26-23-31(2,3)4;;/h29H,6-28H2,1-5H3;;1H2/q;+1;/p-1. The van der Waals surface area contributed by atoms with Crippen molar-refractivity contribution in [1.29, 1.82) is 0 Å². The molecule has 0 saturated carbocycles. The SMILES string of the molecule is CCCCCCCCCCCCCCCCOCC(COP(=O)([O-])OCC[N+](C)(C)C)OCCCCC(=O)OC.[Li+].[OH-]. The number of hydrogen-bond donors (Lipinski definition) is 0. The van der Waals surface area contributed by atoms with E-state index in [1.54, 1.807) is 0 Å². The minimum absolute atomic E-state index is 0. The molecule has 0 aromatic carbocycles. The summed E-state index contributed by atoms with van der Waals surface area (Å²) >= 11 is 0. The van der Waals surface area contributed by atoms with Gasteiger partial charge < -0.3 is 38.1 Å². The normalized spacial score (nSPS) is 13.6. The second-order valence-corrected chi connectivity index (χ2v) is 13.2. The van der Waals surface area contributed by atoms with Crippen molar-refractivity contribution >= 4 is 13.8 Å². The first-order chi connectivity index (χ1) is 19.1. The van der Waals surface area contributed by atoms with Gasteiger partial charge in [0, 0.05) is 19.6 Å². The Bertz CT molecular complexity index is 638. The monoisotopic (exact) mass is 619 g/mol. The van der Waals surface area contributed by atoms with Crippen LogP contribution in [0, 0.1) is 0 Å². The van der Waals surface area contributed by atoms with E-state index in [0.29, 0.717) is 43.5 Å². The van der Waals surface area contributed by atoms with E-state index in [-0.39, 0.29) is 50.1 Å². The van der Waals surface area contributed by atoms with Gasteiger partial charge in [0.25, 0.3) is 7.82 Å². The van der Waals surface area contributed by atoms with Crippen LogP contribution in [0.3, 0.4) is 0 Å². The fraction of sp³-hybridized carbons (Fsp3) is 0.967. The molecule has 0 aromatic heterocycles. The minimum atomic E-state index is -4.43. The maximum atomic E-state index is 12.2. The molecule has 0 aliphatic carbocycles. The number of phosphoric ester groups is 1. The number of hydrogen-bond acceptors (Lipinski definition) is 9. The van der Waals surface area contributed by atoms with Gasteiger partial charge in [-0.3, -0.25) is 9.36 Å². The maximum Gasteiger partial charge on any atom is 1.00 e. The van der Waals surface area contributed by atoms with Crippen LogP contribution in [-0.2, 0) is 32.6 Å². The summed E-state index contributed by atoms with van der Waals surface area (Å²) in [4.78, 5) is 23.4. The maximum absolute atomic E-state index is 12.2. The fourth-order valence-corrected chi connectivity index (χ4v) is 4.85. The zero-order chi connectivity index (χ0) is 30.0. The number of unbranched alkanes of at least 4 members (excludes halogenated alkanes) is 14. The summed E-state index contributed by atoms with van der Waals surface area (Å²) in [5.41, 5.74) is 0. The molecule has 1 N–H and O–H groups in total.